The topological polar surface area (TPSA) is 0 Å². The minimum atomic E-state index is 1.27. The molecule has 0 amide bonds. The molecule has 0 aromatic rings. The Balaban J connectivity index is 0.000000160. The smallest absolute Gasteiger partial charge is 0.0347 e. The molecule has 0 unspecified atom stereocenters. The van der Waals surface area contributed by atoms with Crippen LogP contribution in [0, 0.1) is 0 Å². The SMILES string of the molecule is C1=CC=CC=CC=C1.C1=CCCCCC=C1. The van der Waals surface area contributed by atoms with Gasteiger partial charge in [0, 0.05) is 0 Å². The fourth-order valence-electron chi connectivity index (χ4n) is 1.39. The first kappa shape index (κ1) is 12.5. The predicted octanol–water partition coefficient (Wildman–Crippen LogP) is 4.90. The van der Waals surface area contributed by atoms with E-state index >= 15 is 0 Å². The highest BCUT2D eigenvalue weighted by Crippen LogP contribution is 2.04. The van der Waals surface area contributed by atoms with Crippen molar-refractivity contribution in [3.05, 3.63) is 72.9 Å². The molecule has 0 bridgehead atoms. The van der Waals surface area contributed by atoms with Crippen molar-refractivity contribution < 1.29 is 0 Å². The Morgan fingerprint density at radius 2 is 0.688 bits per heavy atom. The van der Waals surface area contributed by atoms with Crippen LogP contribution in [0.5, 0.6) is 0 Å². The lowest BCUT2D eigenvalue weighted by atomic mass is 10.1. The molecular formula is C16H20. The Morgan fingerprint density at radius 1 is 0.375 bits per heavy atom. The van der Waals surface area contributed by atoms with E-state index in [0.717, 1.165) is 0 Å². The maximum Gasteiger partial charge on any atom is -0.0347 e. The Kier molecular flexibility index (Phi) is 7.80. The first-order chi connectivity index (χ1) is 8.00. The zero-order valence-corrected chi connectivity index (χ0v) is 9.76. The van der Waals surface area contributed by atoms with E-state index in [2.05, 4.69) is 24.3 Å². The van der Waals surface area contributed by atoms with E-state index < -0.39 is 0 Å². The van der Waals surface area contributed by atoms with Crippen LogP contribution < -0.4 is 0 Å². The predicted molar refractivity (Wildman–Crippen MR) is 73.3 cm³/mol. The van der Waals surface area contributed by atoms with Crippen LogP contribution in [-0.2, 0) is 0 Å². The lowest BCUT2D eigenvalue weighted by Gasteiger charge is -1.94. The second-order valence-electron chi connectivity index (χ2n) is 3.68. The summed E-state index contributed by atoms with van der Waals surface area (Å²) in [6.45, 7) is 0. The van der Waals surface area contributed by atoms with Crippen LogP contribution in [0.2, 0.25) is 0 Å². The Bertz CT molecular complexity index is 252. The van der Waals surface area contributed by atoms with Gasteiger partial charge in [-0.3, -0.25) is 0 Å². The average Bonchev–Trinajstić information content (AvgIpc) is 2.15. The quantitative estimate of drug-likeness (QED) is 0.536. The highest BCUT2D eigenvalue weighted by atomic mass is 13.9. The van der Waals surface area contributed by atoms with Crippen LogP contribution in [-0.4, -0.2) is 0 Å². The average molecular weight is 212 g/mol. The van der Waals surface area contributed by atoms with Crippen molar-refractivity contribution in [1.82, 2.24) is 0 Å². The summed E-state index contributed by atoms with van der Waals surface area (Å²) in [6, 6.07) is 0. The zero-order valence-electron chi connectivity index (χ0n) is 9.76. The Labute approximate surface area is 99.1 Å². The summed E-state index contributed by atoms with van der Waals surface area (Å²) in [5.41, 5.74) is 0. The molecular weight excluding hydrogens is 192 g/mol. The Morgan fingerprint density at radius 3 is 1.00 bits per heavy atom. The summed E-state index contributed by atoms with van der Waals surface area (Å²) in [7, 11) is 0. The van der Waals surface area contributed by atoms with Crippen molar-refractivity contribution >= 4 is 0 Å². The van der Waals surface area contributed by atoms with E-state index in [1.54, 1.807) is 0 Å². The van der Waals surface area contributed by atoms with Gasteiger partial charge in [-0.25, -0.2) is 0 Å². The van der Waals surface area contributed by atoms with Gasteiger partial charge < -0.3 is 0 Å². The highest BCUT2D eigenvalue weighted by Gasteiger charge is 1.84. The van der Waals surface area contributed by atoms with E-state index in [4.69, 9.17) is 0 Å². The molecule has 0 heteroatoms. The van der Waals surface area contributed by atoms with Crippen LogP contribution in [0.3, 0.4) is 0 Å². The molecule has 2 rings (SSSR count). The largest absolute Gasteiger partial charge is 0.0845 e. The van der Waals surface area contributed by atoms with Gasteiger partial charge in [-0.2, -0.15) is 0 Å². The number of rotatable bonds is 0. The summed E-state index contributed by atoms with van der Waals surface area (Å²) in [4.78, 5) is 0. The molecule has 0 saturated carbocycles. The van der Waals surface area contributed by atoms with Gasteiger partial charge in [-0.05, 0) is 25.7 Å². The van der Waals surface area contributed by atoms with E-state index in [9.17, 15) is 0 Å². The molecule has 16 heavy (non-hydrogen) atoms. The molecule has 0 nitrogen and oxygen atoms in total. The molecule has 0 atom stereocenters. The maximum absolute atomic E-state index is 2.23. The van der Waals surface area contributed by atoms with Crippen molar-refractivity contribution in [1.29, 1.82) is 0 Å². The van der Waals surface area contributed by atoms with Crippen molar-refractivity contribution in [3.8, 4) is 0 Å². The van der Waals surface area contributed by atoms with Crippen molar-refractivity contribution in [2.75, 3.05) is 0 Å². The summed E-state index contributed by atoms with van der Waals surface area (Å²) < 4.78 is 0. The van der Waals surface area contributed by atoms with E-state index in [0.29, 0.717) is 0 Å². The van der Waals surface area contributed by atoms with Crippen LogP contribution >= 0.6 is 0 Å². The van der Waals surface area contributed by atoms with Gasteiger partial charge in [-0.15, -0.1) is 0 Å². The molecule has 0 saturated heterocycles. The van der Waals surface area contributed by atoms with Gasteiger partial charge in [0.25, 0.3) is 0 Å². The summed E-state index contributed by atoms with van der Waals surface area (Å²) in [5, 5.41) is 0. The standard InChI is InChI=1S/C8H12.C8H8/c2*1-2-4-6-8-7-5-3-1/h1-4H,5-8H2;1-8H. The highest BCUT2D eigenvalue weighted by molar-refractivity contribution is 5.23. The molecule has 0 aromatic carbocycles. The lowest BCUT2D eigenvalue weighted by molar-refractivity contribution is 0.758. The summed E-state index contributed by atoms with van der Waals surface area (Å²) in [6.07, 6.45) is 30.0. The molecule has 2 aliphatic rings. The molecule has 0 spiro atoms. The van der Waals surface area contributed by atoms with E-state index in [1.807, 2.05) is 48.6 Å². The fraction of sp³-hybridized carbons (Fsp3) is 0.250. The second-order valence-corrected chi connectivity index (χ2v) is 3.68. The van der Waals surface area contributed by atoms with Gasteiger partial charge in [-0.1, -0.05) is 72.9 Å². The van der Waals surface area contributed by atoms with E-state index in [-0.39, 0.29) is 0 Å². The normalized spacial score (nSPS) is 18.0. The number of allylic oxidation sites excluding steroid dienone is 12. The molecule has 84 valence electrons. The van der Waals surface area contributed by atoms with Gasteiger partial charge in [0.15, 0.2) is 0 Å². The van der Waals surface area contributed by atoms with E-state index in [1.165, 1.54) is 25.7 Å². The molecule has 0 N–H and O–H groups in total. The van der Waals surface area contributed by atoms with Crippen LogP contribution in [0.15, 0.2) is 72.9 Å². The third kappa shape index (κ3) is 7.81. The lowest BCUT2D eigenvalue weighted by Crippen LogP contribution is -1.74. The third-order valence-electron chi connectivity index (χ3n) is 2.26. The minimum Gasteiger partial charge on any atom is -0.0845 e. The first-order valence-electron chi connectivity index (χ1n) is 5.98. The van der Waals surface area contributed by atoms with Crippen molar-refractivity contribution in [2.45, 2.75) is 25.7 Å². The summed E-state index contributed by atoms with van der Waals surface area (Å²) in [5.74, 6) is 0. The number of hydrogen-bond acceptors (Lipinski definition) is 0. The van der Waals surface area contributed by atoms with Crippen molar-refractivity contribution in [2.24, 2.45) is 0 Å². The minimum absolute atomic E-state index is 1.27. The maximum atomic E-state index is 2.23. The summed E-state index contributed by atoms with van der Waals surface area (Å²) >= 11 is 0. The van der Waals surface area contributed by atoms with Crippen LogP contribution in [0.1, 0.15) is 25.7 Å². The fourth-order valence-corrected chi connectivity index (χ4v) is 1.39. The van der Waals surface area contributed by atoms with Gasteiger partial charge >= 0.3 is 0 Å². The third-order valence-corrected chi connectivity index (χ3v) is 2.26. The van der Waals surface area contributed by atoms with Gasteiger partial charge in [0.1, 0.15) is 0 Å². The second kappa shape index (κ2) is 9.97. The molecule has 2 aliphatic carbocycles. The first-order valence-corrected chi connectivity index (χ1v) is 5.98. The van der Waals surface area contributed by atoms with Gasteiger partial charge in [0.2, 0.25) is 0 Å². The molecule has 0 aliphatic heterocycles. The molecule has 0 aromatic heterocycles. The zero-order chi connectivity index (χ0) is 11.3. The molecule has 0 radical (unpaired) electrons. The Hall–Kier alpha value is -1.56. The number of hydrogen-bond donors (Lipinski definition) is 0. The molecule has 0 fully saturated rings. The van der Waals surface area contributed by atoms with Gasteiger partial charge in [0.05, 0.1) is 0 Å². The molecule has 0 heterocycles. The monoisotopic (exact) mass is 212 g/mol. The van der Waals surface area contributed by atoms with Crippen LogP contribution in [0.25, 0.3) is 0 Å². The van der Waals surface area contributed by atoms with Crippen LogP contribution in [0.4, 0.5) is 0 Å². The van der Waals surface area contributed by atoms with Crippen molar-refractivity contribution in [3.63, 3.8) is 0 Å².